The Balaban J connectivity index is 2.17. The number of nitrogens with one attached hydrogen (secondary N) is 1. The summed E-state index contributed by atoms with van der Waals surface area (Å²) in [6.45, 7) is 1.74. The van der Waals surface area contributed by atoms with Gasteiger partial charge in [0.2, 0.25) is 15.8 Å². The van der Waals surface area contributed by atoms with Gasteiger partial charge in [-0.05, 0) is 25.1 Å². The van der Waals surface area contributed by atoms with Crippen molar-refractivity contribution in [2.75, 3.05) is 17.6 Å². The van der Waals surface area contributed by atoms with Crippen LogP contribution in [0.1, 0.15) is 17.5 Å². The van der Waals surface area contributed by atoms with Crippen LogP contribution in [0.3, 0.4) is 0 Å². The molecular weight excluding hydrogens is 386 g/mol. The first-order chi connectivity index (χ1) is 13.3. The molecule has 3 rings (SSSR count). The highest BCUT2D eigenvalue weighted by atomic mass is 32.2. The number of ether oxygens (including phenoxy) is 2. The van der Waals surface area contributed by atoms with Crippen LogP contribution in [-0.4, -0.2) is 27.2 Å². The van der Waals surface area contributed by atoms with E-state index >= 15 is 0 Å². The summed E-state index contributed by atoms with van der Waals surface area (Å²) in [5.74, 6) is -0.503. The Morgan fingerprint density at radius 1 is 1.14 bits per heavy atom. The summed E-state index contributed by atoms with van der Waals surface area (Å²) >= 11 is 0. The van der Waals surface area contributed by atoms with Crippen LogP contribution in [0.2, 0.25) is 0 Å². The van der Waals surface area contributed by atoms with E-state index < -0.39 is 21.4 Å². The van der Waals surface area contributed by atoms with Gasteiger partial charge >= 0.3 is 5.97 Å². The maximum Gasteiger partial charge on any atom is 0.374 e. The number of carbonyl (C=O) groups excluding carboxylic acids is 1. The Labute approximate surface area is 160 Å². The molecule has 0 aliphatic rings. The van der Waals surface area contributed by atoms with Crippen molar-refractivity contribution in [2.45, 2.75) is 6.92 Å². The van der Waals surface area contributed by atoms with E-state index in [1.54, 1.807) is 37.3 Å². The number of para-hydroxylation sites is 1. The molecule has 0 radical (unpaired) electrons. The Morgan fingerprint density at radius 2 is 1.86 bits per heavy atom. The van der Waals surface area contributed by atoms with Crippen molar-refractivity contribution in [1.29, 1.82) is 0 Å². The number of benzene rings is 2. The van der Waals surface area contributed by atoms with Crippen LogP contribution in [-0.2, 0) is 14.8 Å². The van der Waals surface area contributed by atoms with Crippen molar-refractivity contribution < 1.29 is 27.1 Å². The Hall–Kier alpha value is -3.33. The second-order valence-electron chi connectivity index (χ2n) is 5.83. The van der Waals surface area contributed by atoms with Gasteiger partial charge in [0.1, 0.15) is 11.3 Å². The fourth-order valence-electron chi connectivity index (χ4n) is 2.46. The predicted molar refractivity (Wildman–Crippen MR) is 103 cm³/mol. The predicted octanol–water partition coefficient (Wildman–Crippen LogP) is 3.13. The van der Waals surface area contributed by atoms with Gasteiger partial charge in [-0.1, -0.05) is 18.2 Å². The maximum atomic E-state index is 12.4. The second kappa shape index (κ2) is 7.73. The average molecular weight is 403 g/mol. The molecule has 1 aromatic heterocycles. The third kappa shape index (κ3) is 4.49. The molecule has 1 heterocycles. The molecule has 3 aromatic rings. The molecule has 0 unspecified atom stereocenters. The summed E-state index contributed by atoms with van der Waals surface area (Å²) in [6, 6.07) is 12.3. The standard InChI is InChI=1S/C19H17NO7S/c1-3-25-19(22)18-11-15(21)13-9-17(26-12-7-5-4-6-8-12)14(10-16(13)27-18)20-28(2,23)24/h4-11,20H,3H2,1-2H3. The zero-order chi connectivity index (χ0) is 20.3. The minimum atomic E-state index is -3.65. The summed E-state index contributed by atoms with van der Waals surface area (Å²) in [7, 11) is -3.65. The number of anilines is 1. The van der Waals surface area contributed by atoms with Crippen LogP contribution < -0.4 is 14.9 Å². The molecule has 0 bridgehead atoms. The number of hydrogen-bond acceptors (Lipinski definition) is 7. The monoisotopic (exact) mass is 403 g/mol. The van der Waals surface area contributed by atoms with Gasteiger partial charge < -0.3 is 13.9 Å². The lowest BCUT2D eigenvalue weighted by molar-refractivity contribution is 0.0490. The van der Waals surface area contributed by atoms with Gasteiger partial charge in [0.25, 0.3) is 0 Å². The zero-order valence-corrected chi connectivity index (χ0v) is 15.9. The van der Waals surface area contributed by atoms with Crippen LogP contribution in [0.4, 0.5) is 5.69 Å². The normalized spacial score (nSPS) is 11.2. The van der Waals surface area contributed by atoms with E-state index in [-0.39, 0.29) is 34.8 Å². The summed E-state index contributed by atoms with van der Waals surface area (Å²) < 4.78 is 41.8. The molecule has 0 aliphatic carbocycles. The molecule has 0 amide bonds. The lowest BCUT2D eigenvalue weighted by atomic mass is 10.2. The summed E-state index contributed by atoms with van der Waals surface area (Å²) in [4.78, 5) is 24.3. The molecule has 2 aromatic carbocycles. The first-order valence-corrected chi connectivity index (χ1v) is 10.2. The van der Waals surface area contributed by atoms with Crippen LogP contribution >= 0.6 is 0 Å². The highest BCUT2D eigenvalue weighted by Crippen LogP contribution is 2.34. The topological polar surface area (TPSA) is 112 Å². The lowest BCUT2D eigenvalue weighted by Gasteiger charge is -2.13. The lowest BCUT2D eigenvalue weighted by Crippen LogP contribution is -2.12. The quantitative estimate of drug-likeness (QED) is 0.629. The van der Waals surface area contributed by atoms with Crippen LogP contribution in [0.25, 0.3) is 11.0 Å². The van der Waals surface area contributed by atoms with Gasteiger partial charge in [-0.2, -0.15) is 0 Å². The van der Waals surface area contributed by atoms with Crippen LogP contribution in [0, 0.1) is 0 Å². The smallest absolute Gasteiger partial charge is 0.374 e. The van der Waals surface area contributed by atoms with E-state index in [1.807, 2.05) is 0 Å². The average Bonchev–Trinajstić information content (AvgIpc) is 2.62. The first-order valence-electron chi connectivity index (χ1n) is 8.26. The molecule has 146 valence electrons. The minimum absolute atomic E-state index is 0.0158. The fraction of sp³-hybridized carbons (Fsp3) is 0.158. The molecule has 9 heteroatoms. The molecule has 0 saturated heterocycles. The van der Waals surface area contributed by atoms with Gasteiger partial charge in [0, 0.05) is 12.1 Å². The number of fused-ring (bicyclic) bond motifs is 1. The van der Waals surface area contributed by atoms with Crippen LogP contribution in [0.5, 0.6) is 11.5 Å². The van der Waals surface area contributed by atoms with E-state index in [4.69, 9.17) is 13.9 Å². The SMILES string of the molecule is CCOC(=O)c1cc(=O)c2cc(Oc3ccccc3)c(NS(C)(=O)=O)cc2o1. The first kappa shape index (κ1) is 19.4. The van der Waals surface area contributed by atoms with Gasteiger partial charge in [-0.15, -0.1) is 0 Å². The van der Waals surface area contributed by atoms with E-state index in [1.165, 1.54) is 12.1 Å². The van der Waals surface area contributed by atoms with Crippen molar-refractivity contribution in [3.8, 4) is 11.5 Å². The molecule has 0 atom stereocenters. The summed E-state index contributed by atoms with van der Waals surface area (Å²) in [6.07, 6.45) is 0.981. The molecule has 28 heavy (non-hydrogen) atoms. The minimum Gasteiger partial charge on any atom is -0.460 e. The number of hydrogen-bond donors (Lipinski definition) is 1. The van der Waals surface area contributed by atoms with Crippen molar-refractivity contribution in [3.63, 3.8) is 0 Å². The highest BCUT2D eigenvalue weighted by Gasteiger charge is 2.18. The molecule has 8 nitrogen and oxygen atoms in total. The van der Waals surface area contributed by atoms with Gasteiger partial charge in [-0.25, -0.2) is 13.2 Å². The van der Waals surface area contributed by atoms with Gasteiger partial charge in [0.15, 0.2) is 11.2 Å². The van der Waals surface area contributed by atoms with Gasteiger partial charge in [0.05, 0.1) is 23.9 Å². The number of rotatable bonds is 6. The Bertz CT molecular complexity index is 1180. The van der Waals surface area contributed by atoms with Crippen molar-refractivity contribution >= 4 is 32.6 Å². The Kier molecular flexibility index (Phi) is 5.36. The third-order valence-electron chi connectivity index (χ3n) is 3.57. The van der Waals surface area contributed by atoms with E-state index in [2.05, 4.69) is 4.72 Å². The van der Waals surface area contributed by atoms with E-state index in [0.717, 1.165) is 12.3 Å². The number of carbonyl (C=O) groups is 1. The Morgan fingerprint density at radius 3 is 2.50 bits per heavy atom. The third-order valence-corrected chi connectivity index (χ3v) is 4.16. The fourth-order valence-corrected chi connectivity index (χ4v) is 3.02. The maximum absolute atomic E-state index is 12.4. The molecule has 0 spiro atoms. The largest absolute Gasteiger partial charge is 0.460 e. The van der Waals surface area contributed by atoms with Crippen molar-refractivity contribution in [2.24, 2.45) is 0 Å². The zero-order valence-electron chi connectivity index (χ0n) is 15.1. The second-order valence-corrected chi connectivity index (χ2v) is 7.58. The van der Waals surface area contributed by atoms with Crippen LogP contribution in [0.15, 0.2) is 57.7 Å². The molecule has 0 aliphatic heterocycles. The summed E-state index contributed by atoms with van der Waals surface area (Å²) in [5, 5.41) is 0.123. The molecule has 0 saturated carbocycles. The van der Waals surface area contributed by atoms with E-state index in [9.17, 15) is 18.0 Å². The number of esters is 1. The van der Waals surface area contributed by atoms with E-state index in [0.29, 0.717) is 5.75 Å². The van der Waals surface area contributed by atoms with Gasteiger partial charge in [-0.3, -0.25) is 9.52 Å². The van der Waals surface area contributed by atoms with Crippen molar-refractivity contribution in [3.05, 3.63) is 64.5 Å². The molecular formula is C19H17NO7S. The molecule has 0 fully saturated rings. The number of sulfonamides is 1. The van der Waals surface area contributed by atoms with Crippen molar-refractivity contribution in [1.82, 2.24) is 0 Å². The highest BCUT2D eigenvalue weighted by molar-refractivity contribution is 7.92. The summed E-state index contributed by atoms with van der Waals surface area (Å²) in [5.41, 5.74) is -0.418. The molecule has 1 N–H and O–H groups in total.